The first-order valence-electron chi connectivity index (χ1n) is 9.09. The van der Waals surface area contributed by atoms with Crippen molar-refractivity contribution in [2.45, 2.75) is 32.1 Å². The number of piperidine rings is 1. The van der Waals surface area contributed by atoms with E-state index < -0.39 is 5.82 Å². The number of rotatable bonds is 4. The lowest BCUT2D eigenvalue weighted by molar-refractivity contribution is -0.131. The number of carbonyl (C=O) groups is 1. The molecule has 0 N–H and O–H groups in total. The summed E-state index contributed by atoms with van der Waals surface area (Å²) in [4.78, 5) is 16.6. The minimum atomic E-state index is -0.393. The fraction of sp³-hybridized carbons (Fsp3) is 0.550. The number of nitrogens with zero attached hydrogens (tertiary/aromatic N) is 2. The molecule has 1 saturated heterocycles. The minimum absolute atomic E-state index is 0.200. The van der Waals surface area contributed by atoms with E-state index in [-0.39, 0.29) is 11.7 Å². The lowest BCUT2D eigenvalue weighted by Crippen LogP contribution is -2.39. The van der Waals surface area contributed by atoms with Crippen molar-refractivity contribution >= 4 is 5.91 Å². The van der Waals surface area contributed by atoms with Gasteiger partial charge < -0.3 is 9.80 Å². The Bertz CT molecular complexity index is 651. The molecule has 0 unspecified atom stereocenters. The zero-order valence-electron chi connectivity index (χ0n) is 14.8. The van der Waals surface area contributed by atoms with E-state index in [0.29, 0.717) is 37.4 Å². The van der Waals surface area contributed by atoms with Gasteiger partial charge in [0.15, 0.2) is 0 Å². The Morgan fingerprint density at radius 2 is 1.96 bits per heavy atom. The van der Waals surface area contributed by atoms with Crippen LogP contribution in [0, 0.1) is 17.6 Å². The van der Waals surface area contributed by atoms with Crippen LogP contribution in [0.25, 0.3) is 0 Å². The molecular formula is C20H26F2N2O. The Morgan fingerprint density at radius 1 is 1.20 bits per heavy atom. The van der Waals surface area contributed by atoms with Crippen LogP contribution in [0.5, 0.6) is 0 Å². The van der Waals surface area contributed by atoms with Gasteiger partial charge in [-0.25, -0.2) is 8.78 Å². The first kappa shape index (κ1) is 18.1. The molecule has 0 saturated carbocycles. The lowest BCUT2D eigenvalue weighted by atomic mass is 9.89. The monoisotopic (exact) mass is 348 g/mol. The SMILES string of the molecule is CN1CC=C(CC(=O)N2CCC(Cc3cc(F)ccc3F)CC2)CC1. The van der Waals surface area contributed by atoms with Crippen LogP contribution in [0.2, 0.25) is 0 Å². The number of likely N-dealkylation sites (N-methyl/N-ethyl adjacent to an activating group) is 1. The first-order chi connectivity index (χ1) is 12.0. The number of hydrogen-bond acceptors (Lipinski definition) is 2. The summed E-state index contributed by atoms with van der Waals surface area (Å²) in [6.45, 7) is 3.37. The molecule has 1 aromatic carbocycles. The largest absolute Gasteiger partial charge is 0.342 e. The molecule has 0 atom stereocenters. The number of hydrogen-bond donors (Lipinski definition) is 0. The van der Waals surface area contributed by atoms with Gasteiger partial charge >= 0.3 is 0 Å². The molecular weight excluding hydrogens is 322 g/mol. The van der Waals surface area contributed by atoms with E-state index in [4.69, 9.17) is 0 Å². The molecule has 2 aliphatic rings. The smallest absolute Gasteiger partial charge is 0.226 e. The van der Waals surface area contributed by atoms with E-state index in [9.17, 15) is 13.6 Å². The summed E-state index contributed by atoms with van der Waals surface area (Å²) in [7, 11) is 2.08. The molecule has 1 fully saturated rings. The Balaban J connectivity index is 1.48. The van der Waals surface area contributed by atoms with Crippen molar-refractivity contribution in [3.05, 3.63) is 47.0 Å². The molecule has 1 amide bonds. The number of amides is 1. The zero-order valence-corrected chi connectivity index (χ0v) is 14.8. The maximum Gasteiger partial charge on any atom is 0.226 e. The highest BCUT2D eigenvalue weighted by Gasteiger charge is 2.24. The van der Waals surface area contributed by atoms with Gasteiger partial charge in [-0.15, -0.1) is 0 Å². The van der Waals surface area contributed by atoms with Crippen molar-refractivity contribution in [2.24, 2.45) is 5.92 Å². The van der Waals surface area contributed by atoms with Gasteiger partial charge in [0.25, 0.3) is 0 Å². The van der Waals surface area contributed by atoms with Gasteiger partial charge in [0.05, 0.1) is 0 Å². The second kappa shape index (κ2) is 8.09. The van der Waals surface area contributed by atoms with Gasteiger partial charge in [0, 0.05) is 32.6 Å². The quantitative estimate of drug-likeness (QED) is 0.779. The molecule has 136 valence electrons. The van der Waals surface area contributed by atoms with Crippen LogP contribution in [-0.4, -0.2) is 48.9 Å². The van der Waals surface area contributed by atoms with Gasteiger partial charge in [0.2, 0.25) is 5.91 Å². The van der Waals surface area contributed by atoms with E-state index in [0.717, 1.165) is 38.4 Å². The molecule has 0 aromatic heterocycles. The molecule has 0 spiro atoms. The van der Waals surface area contributed by atoms with Gasteiger partial charge in [0.1, 0.15) is 11.6 Å². The third-order valence-electron chi connectivity index (χ3n) is 5.37. The van der Waals surface area contributed by atoms with Gasteiger partial charge in [-0.2, -0.15) is 0 Å². The molecule has 0 bridgehead atoms. The van der Waals surface area contributed by atoms with Crippen LogP contribution >= 0.6 is 0 Å². The summed E-state index contributed by atoms with van der Waals surface area (Å²) in [5.41, 5.74) is 1.69. The molecule has 25 heavy (non-hydrogen) atoms. The summed E-state index contributed by atoms with van der Waals surface area (Å²) in [5.74, 6) is -0.224. The maximum absolute atomic E-state index is 13.8. The van der Waals surface area contributed by atoms with Crippen molar-refractivity contribution in [1.82, 2.24) is 9.80 Å². The summed E-state index contributed by atoms with van der Waals surface area (Å²) in [6.07, 6.45) is 5.91. The lowest BCUT2D eigenvalue weighted by Gasteiger charge is -2.33. The highest BCUT2D eigenvalue weighted by Crippen LogP contribution is 2.25. The highest BCUT2D eigenvalue weighted by atomic mass is 19.1. The third kappa shape index (κ3) is 4.88. The molecule has 0 radical (unpaired) electrons. The Labute approximate surface area is 148 Å². The Morgan fingerprint density at radius 3 is 2.64 bits per heavy atom. The summed E-state index contributed by atoms with van der Waals surface area (Å²) >= 11 is 0. The predicted molar refractivity (Wildman–Crippen MR) is 94.2 cm³/mol. The van der Waals surface area contributed by atoms with Gasteiger partial charge in [-0.1, -0.05) is 11.6 Å². The standard InChI is InChI=1S/C20H26F2N2O/c1-23-8-4-16(5-9-23)13-20(25)24-10-6-15(7-11-24)12-17-14-18(21)2-3-19(17)22/h2-4,14-15H,5-13H2,1H3. The fourth-order valence-electron chi connectivity index (χ4n) is 3.68. The second-order valence-electron chi connectivity index (χ2n) is 7.32. The minimum Gasteiger partial charge on any atom is -0.342 e. The van der Waals surface area contributed by atoms with E-state index in [1.165, 1.54) is 17.7 Å². The summed E-state index contributed by atoms with van der Waals surface area (Å²) in [5, 5.41) is 0. The maximum atomic E-state index is 13.8. The molecule has 2 heterocycles. The molecule has 0 aliphatic carbocycles. The normalized spacial score (nSPS) is 19.8. The van der Waals surface area contributed by atoms with E-state index >= 15 is 0 Å². The van der Waals surface area contributed by atoms with Crippen LogP contribution in [0.3, 0.4) is 0 Å². The molecule has 3 rings (SSSR count). The van der Waals surface area contributed by atoms with Crippen molar-refractivity contribution in [2.75, 3.05) is 33.2 Å². The van der Waals surface area contributed by atoms with Crippen LogP contribution < -0.4 is 0 Å². The molecule has 2 aliphatic heterocycles. The van der Waals surface area contributed by atoms with Crippen molar-refractivity contribution in [3.8, 4) is 0 Å². The fourth-order valence-corrected chi connectivity index (χ4v) is 3.68. The van der Waals surface area contributed by atoms with Crippen LogP contribution in [0.15, 0.2) is 29.8 Å². The van der Waals surface area contributed by atoms with Crippen LogP contribution in [-0.2, 0) is 11.2 Å². The van der Waals surface area contributed by atoms with Crippen molar-refractivity contribution in [3.63, 3.8) is 0 Å². The van der Waals surface area contributed by atoms with E-state index in [2.05, 4.69) is 18.0 Å². The number of likely N-dealkylation sites (tertiary alicyclic amines) is 1. The molecule has 3 nitrogen and oxygen atoms in total. The second-order valence-corrected chi connectivity index (χ2v) is 7.32. The topological polar surface area (TPSA) is 23.6 Å². The van der Waals surface area contributed by atoms with Crippen LogP contribution in [0.4, 0.5) is 8.78 Å². The first-order valence-corrected chi connectivity index (χ1v) is 9.09. The van der Waals surface area contributed by atoms with Gasteiger partial charge in [-0.05, 0) is 62.4 Å². The number of carbonyl (C=O) groups excluding carboxylic acids is 1. The summed E-state index contributed by atoms with van der Waals surface area (Å²) < 4.78 is 27.1. The van der Waals surface area contributed by atoms with Gasteiger partial charge in [-0.3, -0.25) is 4.79 Å². The van der Waals surface area contributed by atoms with E-state index in [1.807, 2.05) is 4.90 Å². The predicted octanol–water partition coefficient (Wildman–Crippen LogP) is 3.40. The zero-order chi connectivity index (χ0) is 17.8. The average molecular weight is 348 g/mol. The van der Waals surface area contributed by atoms with E-state index in [1.54, 1.807) is 0 Å². The van der Waals surface area contributed by atoms with Crippen LogP contribution in [0.1, 0.15) is 31.2 Å². The molecule has 5 heteroatoms. The van der Waals surface area contributed by atoms with Crippen molar-refractivity contribution < 1.29 is 13.6 Å². The average Bonchev–Trinajstić information content (AvgIpc) is 2.61. The summed E-state index contributed by atoms with van der Waals surface area (Å²) in [6, 6.07) is 3.63. The Kier molecular flexibility index (Phi) is 5.84. The molecule has 1 aromatic rings. The number of halogens is 2. The highest BCUT2D eigenvalue weighted by molar-refractivity contribution is 5.78. The number of benzene rings is 1. The van der Waals surface area contributed by atoms with Crippen molar-refractivity contribution in [1.29, 1.82) is 0 Å². The third-order valence-corrected chi connectivity index (χ3v) is 5.37. The Hall–Kier alpha value is -1.75.